The fourth-order valence-corrected chi connectivity index (χ4v) is 3.28. The minimum Gasteiger partial charge on any atom is -0.366 e. The summed E-state index contributed by atoms with van der Waals surface area (Å²) < 4.78 is 1.78. The summed E-state index contributed by atoms with van der Waals surface area (Å²) in [7, 11) is 0. The number of hydrogen-bond acceptors (Lipinski definition) is 4. The first-order valence-corrected chi connectivity index (χ1v) is 9.51. The van der Waals surface area contributed by atoms with Crippen molar-refractivity contribution in [2.24, 2.45) is 5.73 Å². The number of nitrogens with zero attached hydrogens (tertiary/aromatic N) is 3. The van der Waals surface area contributed by atoms with Gasteiger partial charge in [0.2, 0.25) is 5.91 Å². The minimum atomic E-state index is -0.607. The maximum Gasteiger partial charge on any atom is 0.274 e. The Morgan fingerprint density at radius 1 is 1.07 bits per heavy atom. The molecule has 2 heterocycles. The largest absolute Gasteiger partial charge is 0.366 e. The highest BCUT2D eigenvalue weighted by Gasteiger charge is 2.17. The Morgan fingerprint density at radius 2 is 1.80 bits per heavy atom. The molecule has 0 unspecified atom stereocenters. The summed E-state index contributed by atoms with van der Waals surface area (Å²) in [5.74, 6) is -1.04. The third kappa shape index (κ3) is 3.91. The molecule has 2 aromatic heterocycles. The van der Waals surface area contributed by atoms with Crippen LogP contribution in [0.5, 0.6) is 0 Å². The van der Waals surface area contributed by atoms with E-state index in [1.165, 1.54) is 11.6 Å². The Labute approximate surface area is 173 Å². The van der Waals surface area contributed by atoms with Crippen molar-refractivity contribution in [1.82, 2.24) is 14.8 Å². The number of fused-ring (bicyclic) bond motifs is 1. The fraction of sp³-hybridized carbons (Fsp3) is 0.130. The van der Waals surface area contributed by atoms with E-state index >= 15 is 0 Å². The van der Waals surface area contributed by atoms with E-state index in [1.54, 1.807) is 35.1 Å². The van der Waals surface area contributed by atoms with Crippen LogP contribution in [0.4, 0.5) is 5.69 Å². The Bertz CT molecular complexity index is 1260. The summed E-state index contributed by atoms with van der Waals surface area (Å²) >= 11 is 0. The van der Waals surface area contributed by atoms with Crippen molar-refractivity contribution in [3.8, 4) is 0 Å². The first kappa shape index (κ1) is 19.3. The van der Waals surface area contributed by atoms with Gasteiger partial charge in [-0.2, -0.15) is 5.10 Å². The number of nitrogens with two attached hydrogens (primary N) is 1. The molecule has 0 aliphatic rings. The molecule has 0 atom stereocenters. The lowest BCUT2D eigenvalue weighted by Gasteiger charge is -2.07. The Kier molecular flexibility index (Phi) is 5.02. The average molecular weight is 399 g/mol. The van der Waals surface area contributed by atoms with Crippen LogP contribution in [-0.4, -0.2) is 26.6 Å². The number of nitrogens with one attached hydrogen (secondary N) is 1. The monoisotopic (exact) mass is 399 g/mol. The molecule has 4 aromatic rings. The zero-order valence-corrected chi connectivity index (χ0v) is 16.7. The molecule has 0 aliphatic carbocycles. The average Bonchev–Trinajstić information content (AvgIpc) is 3.07. The normalized spacial score (nSPS) is 10.9. The van der Waals surface area contributed by atoms with Crippen molar-refractivity contribution in [2.45, 2.75) is 20.4 Å². The Balaban J connectivity index is 1.59. The summed E-state index contributed by atoms with van der Waals surface area (Å²) in [4.78, 5) is 29.1. The van der Waals surface area contributed by atoms with Gasteiger partial charge in [0, 0.05) is 11.6 Å². The molecule has 2 aromatic carbocycles. The number of anilines is 1. The molecule has 0 saturated carbocycles. The van der Waals surface area contributed by atoms with Crippen LogP contribution in [0.25, 0.3) is 10.9 Å². The molecular formula is C23H21N5O2. The van der Waals surface area contributed by atoms with E-state index in [-0.39, 0.29) is 11.3 Å². The van der Waals surface area contributed by atoms with Crippen molar-refractivity contribution >= 4 is 28.4 Å². The number of para-hydroxylation sites is 1. The topological polar surface area (TPSA) is 103 Å². The summed E-state index contributed by atoms with van der Waals surface area (Å²) in [6.45, 7) is 4.46. The Morgan fingerprint density at radius 3 is 2.53 bits per heavy atom. The van der Waals surface area contributed by atoms with Crippen LogP contribution >= 0.6 is 0 Å². The quantitative estimate of drug-likeness (QED) is 0.536. The zero-order chi connectivity index (χ0) is 21.3. The predicted molar refractivity (Wildman–Crippen MR) is 115 cm³/mol. The Hall–Kier alpha value is -4.00. The van der Waals surface area contributed by atoms with Crippen LogP contribution in [0, 0.1) is 13.8 Å². The molecule has 4 rings (SSSR count). The molecule has 7 nitrogen and oxygen atoms in total. The maximum atomic E-state index is 12.8. The van der Waals surface area contributed by atoms with Gasteiger partial charge in [-0.1, -0.05) is 48.0 Å². The van der Waals surface area contributed by atoms with Gasteiger partial charge in [0.25, 0.3) is 5.91 Å². The van der Waals surface area contributed by atoms with Gasteiger partial charge < -0.3 is 11.1 Å². The van der Waals surface area contributed by atoms with Crippen LogP contribution < -0.4 is 11.1 Å². The van der Waals surface area contributed by atoms with Crippen LogP contribution in [-0.2, 0) is 6.54 Å². The first-order chi connectivity index (χ1) is 14.4. The van der Waals surface area contributed by atoms with E-state index in [0.717, 1.165) is 5.56 Å². The molecule has 0 spiro atoms. The van der Waals surface area contributed by atoms with Gasteiger partial charge in [0.15, 0.2) is 0 Å². The van der Waals surface area contributed by atoms with E-state index in [1.807, 2.05) is 13.8 Å². The number of pyridine rings is 1. The SMILES string of the molecule is Cc1ccc(Cn2cc(NC(=O)c3cc(C(N)=O)c4ccccc4n3)c(C)n2)cc1. The number of aryl methyl sites for hydroxylation is 2. The summed E-state index contributed by atoms with van der Waals surface area (Å²) in [6, 6.07) is 16.7. The second-order valence-corrected chi connectivity index (χ2v) is 7.20. The van der Waals surface area contributed by atoms with Crippen LogP contribution in [0.15, 0.2) is 60.8 Å². The van der Waals surface area contributed by atoms with E-state index < -0.39 is 11.8 Å². The molecular weight excluding hydrogens is 378 g/mol. The zero-order valence-electron chi connectivity index (χ0n) is 16.7. The lowest BCUT2D eigenvalue weighted by Crippen LogP contribution is -2.17. The van der Waals surface area contributed by atoms with Crippen molar-refractivity contribution in [1.29, 1.82) is 0 Å². The van der Waals surface area contributed by atoms with E-state index in [2.05, 4.69) is 39.7 Å². The summed E-state index contributed by atoms with van der Waals surface area (Å²) in [6.07, 6.45) is 1.78. The number of aromatic nitrogens is 3. The molecule has 3 N–H and O–H groups in total. The highest BCUT2D eigenvalue weighted by Crippen LogP contribution is 2.20. The van der Waals surface area contributed by atoms with E-state index in [9.17, 15) is 9.59 Å². The number of hydrogen-bond donors (Lipinski definition) is 2. The van der Waals surface area contributed by atoms with Crippen LogP contribution in [0.1, 0.15) is 37.7 Å². The van der Waals surface area contributed by atoms with Gasteiger partial charge in [0.05, 0.1) is 29.0 Å². The van der Waals surface area contributed by atoms with Crippen molar-refractivity contribution in [3.05, 3.63) is 88.9 Å². The predicted octanol–water partition coefficient (Wildman–Crippen LogP) is 3.45. The molecule has 0 aliphatic heterocycles. The second kappa shape index (κ2) is 7.79. The summed E-state index contributed by atoms with van der Waals surface area (Å²) in [5, 5.41) is 7.93. The van der Waals surface area contributed by atoms with Gasteiger partial charge in [-0.25, -0.2) is 4.98 Å². The van der Waals surface area contributed by atoms with Crippen molar-refractivity contribution < 1.29 is 9.59 Å². The number of benzene rings is 2. The van der Waals surface area contributed by atoms with Gasteiger partial charge in [-0.3, -0.25) is 14.3 Å². The smallest absolute Gasteiger partial charge is 0.274 e. The molecule has 150 valence electrons. The lowest BCUT2D eigenvalue weighted by molar-refractivity contribution is 0.100. The minimum absolute atomic E-state index is 0.119. The van der Waals surface area contributed by atoms with E-state index in [0.29, 0.717) is 28.8 Å². The number of carbonyl (C=O) groups excluding carboxylic acids is 2. The number of primary amides is 1. The third-order valence-electron chi connectivity index (χ3n) is 4.87. The third-order valence-corrected chi connectivity index (χ3v) is 4.87. The van der Waals surface area contributed by atoms with Crippen LogP contribution in [0.2, 0.25) is 0 Å². The summed E-state index contributed by atoms with van der Waals surface area (Å²) in [5.41, 5.74) is 10.00. The number of carbonyl (C=O) groups is 2. The van der Waals surface area contributed by atoms with Gasteiger partial charge in [-0.05, 0) is 31.5 Å². The standard InChI is InChI=1S/C23H21N5O2/c1-14-7-9-16(10-8-14)12-28-13-21(15(2)27-28)26-23(30)20-11-18(22(24)29)17-5-3-4-6-19(17)25-20/h3-11,13H,12H2,1-2H3,(H2,24,29)(H,26,30). The van der Waals surface area contributed by atoms with E-state index in [4.69, 9.17) is 5.73 Å². The number of rotatable bonds is 5. The molecule has 30 heavy (non-hydrogen) atoms. The first-order valence-electron chi connectivity index (χ1n) is 9.51. The lowest BCUT2D eigenvalue weighted by atomic mass is 10.1. The maximum absolute atomic E-state index is 12.8. The van der Waals surface area contributed by atoms with Gasteiger partial charge in [-0.15, -0.1) is 0 Å². The molecule has 0 radical (unpaired) electrons. The molecule has 0 fully saturated rings. The second-order valence-electron chi connectivity index (χ2n) is 7.20. The molecule has 7 heteroatoms. The highest BCUT2D eigenvalue weighted by molar-refractivity contribution is 6.10. The van der Waals surface area contributed by atoms with Gasteiger partial charge >= 0.3 is 0 Å². The number of amides is 2. The van der Waals surface area contributed by atoms with Crippen LogP contribution in [0.3, 0.4) is 0 Å². The van der Waals surface area contributed by atoms with Crippen molar-refractivity contribution in [3.63, 3.8) is 0 Å². The highest BCUT2D eigenvalue weighted by atomic mass is 16.2. The van der Waals surface area contributed by atoms with Crippen molar-refractivity contribution in [2.75, 3.05) is 5.32 Å². The molecule has 2 amide bonds. The molecule has 0 saturated heterocycles. The fourth-order valence-electron chi connectivity index (χ4n) is 3.28. The van der Waals surface area contributed by atoms with Gasteiger partial charge in [0.1, 0.15) is 5.69 Å². The molecule has 0 bridgehead atoms.